The highest BCUT2D eigenvalue weighted by atomic mass is 16.4. The molecule has 0 aromatic carbocycles. The quantitative estimate of drug-likeness (QED) is 0.806. The summed E-state index contributed by atoms with van der Waals surface area (Å²) in [6, 6.07) is 0. The first-order valence-electron chi connectivity index (χ1n) is 5.25. The molecule has 2 atom stereocenters. The molecule has 0 aliphatic heterocycles. The van der Waals surface area contributed by atoms with Crippen molar-refractivity contribution in [2.24, 2.45) is 18.9 Å². The number of aryl methyl sites for hydroxylation is 2. The molecule has 0 aliphatic rings. The number of hydrogen-bond acceptors (Lipinski definition) is 3. The zero-order chi connectivity index (χ0) is 12.5. The Labute approximate surface area is 94.7 Å². The van der Waals surface area contributed by atoms with Gasteiger partial charge in [0.05, 0.1) is 17.7 Å². The number of carboxylic acids is 1. The van der Waals surface area contributed by atoms with E-state index in [-0.39, 0.29) is 5.92 Å². The third kappa shape index (κ3) is 2.41. The standard InChI is InChI=1S/C11H18N2O3/c1-6(2)9(11(15)16)10(14)8-5-13(4)12-7(8)3/h5-6,9-10,14H,1-4H3,(H,15,16). The second kappa shape index (κ2) is 4.65. The number of aromatic nitrogens is 2. The number of aliphatic hydroxyl groups excluding tert-OH is 1. The average Bonchev–Trinajstić information content (AvgIpc) is 2.43. The maximum Gasteiger partial charge on any atom is 0.309 e. The van der Waals surface area contributed by atoms with Crippen molar-refractivity contribution in [3.8, 4) is 0 Å². The molecule has 0 spiro atoms. The molecule has 16 heavy (non-hydrogen) atoms. The van der Waals surface area contributed by atoms with Crippen molar-refractivity contribution in [2.45, 2.75) is 26.9 Å². The van der Waals surface area contributed by atoms with Crippen molar-refractivity contribution in [2.75, 3.05) is 0 Å². The Bertz CT molecular complexity index is 385. The molecule has 0 aliphatic carbocycles. The molecule has 0 amide bonds. The van der Waals surface area contributed by atoms with Gasteiger partial charge in [0.2, 0.25) is 0 Å². The lowest BCUT2D eigenvalue weighted by Gasteiger charge is -2.21. The molecular formula is C11H18N2O3. The molecule has 90 valence electrons. The van der Waals surface area contributed by atoms with Gasteiger partial charge in [-0.3, -0.25) is 9.48 Å². The Balaban J connectivity index is 3.03. The summed E-state index contributed by atoms with van der Waals surface area (Å²) in [5, 5.41) is 23.3. The molecule has 0 bridgehead atoms. The van der Waals surface area contributed by atoms with E-state index in [9.17, 15) is 9.90 Å². The SMILES string of the molecule is Cc1nn(C)cc1C(O)C(C(=O)O)C(C)C. The molecule has 5 nitrogen and oxygen atoms in total. The Hall–Kier alpha value is -1.36. The minimum absolute atomic E-state index is 0.132. The molecule has 0 radical (unpaired) electrons. The second-order valence-electron chi connectivity index (χ2n) is 4.40. The number of hydrogen-bond donors (Lipinski definition) is 2. The van der Waals surface area contributed by atoms with Gasteiger partial charge in [-0.25, -0.2) is 0 Å². The maximum absolute atomic E-state index is 11.1. The number of nitrogens with zero attached hydrogens (tertiary/aromatic N) is 2. The van der Waals surface area contributed by atoms with Gasteiger partial charge in [-0.15, -0.1) is 0 Å². The summed E-state index contributed by atoms with van der Waals surface area (Å²) in [6.07, 6.45) is 0.657. The number of carbonyl (C=O) groups is 1. The van der Waals surface area contributed by atoms with E-state index in [0.29, 0.717) is 11.3 Å². The Morgan fingerprint density at radius 2 is 2.06 bits per heavy atom. The predicted octanol–water partition coefficient (Wildman–Crippen LogP) is 1.12. The Morgan fingerprint density at radius 1 is 1.50 bits per heavy atom. The van der Waals surface area contributed by atoms with Crippen LogP contribution in [0.2, 0.25) is 0 Å². The van der Waals surface area contributed by atoms with Crippen LogP contribution in [0.3, 0.4) is 0 Å². The van der Waals surface area contributed by atoms with E-state index in [2.05, 4.69) is 5.10 Å². The molecule has 0 saturated carbocycles. The molecule has 2 unspecified atom stereocenters. The first-order chi connectivity index (χ1) is 7.34. The predicted molar refractivity (Wildman–Crippen MR) is 58.9 cm³/mol. The van der Waals surface area contributed by atoms with E-state index in [1.165, 1.54) is 0 Å². The van der Waals surface area contributed by atoms with Gasteiger partial charge in [0.25, 0.3) is 0 Å². The molecular weight excluding hydrogens is 208 g/mol. The molecule has 1 aromatic heterocycles. The highest BCUT2D eigenvalue weighted by molar-refractivity contribution is 5.71. The zero-order valence-electron chi connectivity index (χ0n) is 10.0. The van der Waals surface area contributed by atoms with Crippen molar-refractivity contribution < 1.29 is 15.0 Å². The van der Waals surface area contributed by atoms with Crippen LogP contribution in [0.25, 0.3) is 0 Å². The largest absolute Gasteiger partial charge is 0.481 e. The van der Waals surface area contributed by atoms with Crippen LogP contribution in [0.4, 0.5) is 0 Å². The van der Waals surface area contributed by atoms with Gasteiger partial charge >= 0.3 is 5.97 Å². The van der Waals surface area contributed by atoms with Gasteiger partial charge < -0.3 is 10.2 Å². The van der Waals surface area contributed by atoms with Crippen LogP contribution in [-0.2, 0) is 11.8 Å². The maximum atomic E-state index is 11.1. The van der Waals surface area contributed by atoms with Crippen LogP contribution in [0.1, 0.15) is 31.2 Å². The molecule has 0 saturated heterocycles. The first kappa shape index (κ1) is 12.7. The van der Waals surface area contributed by atoms with Crippen molar-refractivity contribution in [1.82, 2.24) is 9.78 Å². The van der Waals surface area contributed by atoms with Crippen LogP contribution < -0.4 is 0 Å². The smallest absolute Gasteiger partial charge is 0.309 e. The minimum Gasteiger partial charge on any atom is -0.481 e. The van der Waals surface area contributed by atoms with E-state index in [4.69, 9.17) is 5.11 Å². The highest BCUT2D eigenvalue weighted by Gasteiger charge is 2.32. The van der Waals surface area contributed by atoms with Gasteiger partial charge in [-0.2, -0.15) is 5.10 Å². The van der Waals surface area contributed by atoms with Crippen molar-refractivity contribution in [3.05, 3.63) is 17.5 Å². The summed E-state index contributed by atoms with van der Waals surface area (Å²) in [5.74, 6) is -1.92. The van der Waals surface area contributed by atoms with Crippen LogP contribution in [0.5, 0.6) is 0 Å². The number of carboxylic acid groups (broad SMARTS) is 1. The third-order valence-corrected chi connectivity index (χ3v) is 2.71. The lowest BCUT2D eigenvalue weighted by Crippen LogP contribution is -2.27. The third-order valence-electron chi connectivity index (χ3n) is 2.71. The summed E-state index contributed by atoms with van der Waals surface area (Å²) < 4.78 is 1.58. The van der Waals surface area contributed by atoms with E-state index in [1.807, 2.05) is 0 Å². The Morgan fingerprint density at radius 3 is 2.38 bits per heavy atom. The van der Waals surface area contributed by atoms with Crippen LogP contribution in [0.15, 0.2) is 6.20 Å². The van der Waals surface area contributed by atoms with E-state index < -0.39 is 18.0 Å². The number of aliphatic hydroxyl groups is 1. The Kier molecular flexibility index (Phi) is 3.70. The number of aliphatic carboxylic acids is 1. The summed E-state index contributed by atoms with van der Waals surface area (Å²) >= 11 is 0. The van der Waals surface area contributed by atoms with Gasteiger partial charge in [-0.05, 0) is 12.8 Å². The molecule has 0 fully saturated rings. The van der Waals surface area contributed by atoms with Crippen molar-refractivity contribution >= 4 is 5.97 Å². The first-order valence-corrected chi connectivity index (χ1v) is 5.25. The average molecular weight is 226 g/mol. The zero-order valence-corrected chi connectivity index (χ0v) is 10.0. The fourth-order valence-electron chi connectivity index (χ4n) is 1.89. The van der Waals surface area contributed by atoms with Crippen LogP contribution in [0, 0.1) is 18.8 Å². The van der Waals surface area contributed by atoms with E-state index in [0.717, 1.165) is 0 Å². The van der Waals surface area contributed by atoms with Gasteiger partial charge in [0, 0.05) is 18.8 Å². The fraction of sp³-hybridized carbons (Fsp3) is 0.636. The summed E-state index contributed by atoms with van der Waals surface area (Å²) in [7, 11) is 1.74. The second-order valence-corrected chi connectivity index (χ2v) is 4.40. The highest BCUT2D eigenvalue weighted by Crippen LogP contribution is 2.29. The van der Waals surface area contributed by atoms with E-state index >= 15 is 0 Å². The molecule has 1 aromatic rings. The monoisotopic (exact) mass is 226 g/mol. The normalized spacial score (nSPS) is 15.1. The lowest BCUT2D eigenvalue weighted by atomic mass is 9.87. The van der Waals surface area contributed by atoms with Crippen molar-refractivity contribution in [1.29, 1.82) is 0 Å². The number of rotatable bonds is 4. The van der Waals surface area contributed by atoms with E-state index in [1.54, 1.807) is 38.7 Å². The summed E-state index contributed by atoms with van der Waals surface area (Å²) in [5.41, 5.74) is 1.26. The molecule has 1 rings (SSSR count). The van der Waals surface area contributed by atoms with Gasteiger partial charge in [0.15, 0.2) is 0 Å². The summed E-state index contributed by atoms with van der Waals surface area (Å²) in [6.45, 7) is 5.33. The summed E-state index contributed by atoms with van der Waals surface area (Å²) in [4.78, 5) is 11.1. The molecule has 1 heterocycles. The van der Waals surface area contributed by atoms with Crippen LogP contribution in [-0.4, -0.2) is 26.0 Å². The molecule has 5 heteroatoms. The van der Waals surface area contributed by atoms with Crippen molar-refractivity contribution in [3.63, 3.8) is 0 Å². The lowest BCUT2D eigenvalue weighted by molar-refractivity contribution is -0.148. The fourth-order valence-corrected chi connectivity index (χ4v) is 1.89. The topological polar surface area (TPSA) is 75.3 Å². The van der Waals surface area contributed by atoms with Gasteiger partial charge in [0.1, 0.15) is 0 Å². The van der Waals surface area contributed by atoms with Gasteiger partial charge in [-0.1, -0.05) is 13.8 Å². The van der Waals surface area contributed by atoms with Crippen LogP contribution >= 0.6 is 0 Å². The minimum atomic E-state index is -1.01. The molecule has 2 N–H and O–H groups in total.